The molecule has 2 aromatic rings. The van der Waals surface area contributed by atoms with Gasteiger partial charge in [0.25, 0.3) is 5.91 Å². The van der Waals surface area contributed by atoms with Crippen molar-refractivity contribution in [1.82, 2.24) is 15.5 Å². The van der Waals surface area contributed by atoms with Crippen molar-refractivity contribution >= 4 is 29.1 Å². The van der Waals surface area contributed by atoms with E-state index >= 15 is 0 Å². The van der Waals surface area contributed by atoms with Gasteiger partial charge < -0.3 is 20.3 Å². The van der Waals surface area contributed by atoms with Gasteiger partial charge in [-0.3, -0.25) is 14.4 Å². The number of amides is 3. The predicted molar refractivity (Wildman–Crippen MR) is 129 cm³/mol. The number of thiophene rings is 1. The van der Waals surface area contributed by atoms with Gasteiger partial charge in [0.05, 0.1) is 18.5 Å². The van der Waals surface area contributed by atoms with Crippen molar-refractivity contribution in [2.45, 2.75) is 44.2 Å². The number of benzene rings is 1. The van der Waals surface area contributed by atoms with Crippen molar-refractivity contribution in [2.24, 2.45) is 0 Å². The SMILES string of the molecule is C=CCN(C(=O)CNC(=O)c1cccs1)[C@@H](C(=O)NC1CCCCC1)c1ccc(OC)cc1. The summed E-state index contributed by atoms with van der Waals surface area (Å²) in [5.74, 6) is -0.245. The molecule has 3 amide bonds. The van der Waals surface area contributed by atoms with Gasteiger partial charge in [-0.1, -0.05) is 43.5 Å². The molecule has 0 bridgehead atoms. The summed E-state index contributed by atoms with van der Waals surface area (Å²) in [4.78, 5) is 41.0. The fourth-order valence-electron chi connectivity index (χ4n) is 4.03. The number of nitrogens with one attached hydrogen (secondary N) is 2. The van der Waals surface area contributed by atoms with Crippen LogP contribution in [0.1, 0.15) is 53.4 Å². The van der Waals surface area contributed by atoms with Gasteiger partial charge in [0, 0.05) is 12.6 Å². The van der Waals surface area contributed by atoms with Gasteiger partial charge in [-0.2, -0.15) is 0 Å². The van der Waals surface area contributed by atoms with E-state index in [1.165, 1.54) is 22.7 Å². The fraction of sp³-hybridized carbons (Fsp3) is 0.400. The van der Waals surface area contributed by atoms with Gasteiger partial charge in [0.15, 0.2) is 0 Å². The largest absolute Gasteiger partial charge is 0.497 e. The highest BCUT2D eigenvalue weighted by Gasteiger charge is 2.32. The average Bonchev–Trinajstić information content (AvgIpc) is 3.38. The zero-order valence-corrected chi connectivity index (χ0v) is 19.7. The van der Waals surface area contributed by atoms with E-state index in [0.29, 0.717) is 16.2 Å². The zero-order chi connectivity index (χ0) is 23.6. The maximum atomic E-state index is 13.5. The molecule has 0 aliphatic heterocycles. The second-order valence-electron chi connectivity index (χ2n) is 8.01. The average molecular weight is 470 g/mol. The molecular weight excluding hydrogens is 438 g/mol. The van der Waals surface area contributed by atoms with Crippen molar-refractivity contribution in [3.8, 4) is 5.75 Å². The molecule has 1 aliphatic carbocycles. The molecule has 3 rings (SSSR count). The van der Waals surface area contributed by atoms with Crippen LogP contribution in [0.25, 0.3) is 0 Å². The Labute approximate surface area is 198 Å². The van der Waals surface area contributed by atoms with Gasteiger partial charge >= 0.3 is 0 Å². The lowest BCUT2D eigenvalue weighted by Crippen LogP contribution is -2.49. The first-order valence-corrected chi connectivity index (χ1v) is 12.1. The minimum absolute atomic E-state index is 0.103. The van der Waals surface area contributed by atoms with Crippen LogP contribution in [0.4, 0.5) is 0 Å². The third-order valence-corrected chi connectivity index (χ3v) is 6.60. The van der Waals surface area contributed by atoms with E-state index in [1.54, 1.807) is 55.0 Å². The lowest BCUT2D eigenvalue weighted by atomic mass is 9.94. The maximum Gasteiger partial charge on any atom is 0.261 e. The van der Waals surface area contributed by atoms with E-state index in [4.69, 9.17) is 4.74 Å². The molecule has 0 spiro atoms. The summed E-state index contributed by atoms with van der Waals surface area (Å²) in [5.41, 5.74) is 0.670. The van der Waals surface area contributed by atoms with Crippen molar-refractivity contribution in [1.29, 1.82) is 0 Å². The van der Waals surface area contributed by atoms with Gasteiger partial charge in [-0.05, 0) is 42.0 Å². The Balaban J connectivity index is 1.81. The zero-order valence-electron chi connectivity index (χ0n) is 18.9. The fourth-order valence-corrected chi connectivity index (χ4v) is 4.67. The van der Waals surface area contributed by atoms with E-state index in [2.05, 4.69) is 17.2 Å². The molecule has 1 fully saturated rings. The highest BCUT2D eigenvalue weighted by Crippen LogP contribution is 2.26. The third kappa shape index (κ3) is 6.68. The van der Waals surface area contributed by atoms with E-state index in [1.807, 2.05) is 0 Å². The smallest absolute Gasteiger partial charge is 0.261 e. The standard InChI is InChI=1S/C25H31N3O4S/c1-3-15-28(22(29)17-26-24(30)21-10-7-16-33-21)23(18-11-13-20(32-2)14-12-18)25(31)27-19-8-5-4-6-9-19/h3,7,10-14,16,19,23H,1,4-6,8-9,15,17H2,2H3,(H,26,30)(H,27,31)/t23-/m1/s1. The highest BCUT2D eigenvalue weighted by molar-refractivity contribution is 7.12. The van der Waals surface area contributed by atoms with Crippen LogP contribution in [-0.2, 0) is 9.59 Å². The normalized spacial score (nSPS) is 14.7. The second kappa shape index (κ2) is 12.2. The van der Waals surface area contributed by atoms with Crippen molar-refractivity contribution in [3.63, 3.8) is 0 Å². The molecule has 1 heterocycles. The number of carbonyl (C=O) groups is 3. The van der Waals surface area contributed by atoms with Gasteiger partial charge in [0.1, 0.15) is 11.8 Å². The molecule has 7 nitrogen and oxygen atoms in total. The Bertz CT molecular complexity index is 937. The molecule has 2 N–H and O–H groups in total. The molecule has 1 saturated carbocycles. The summed E-state index contributed by atoms with van der Waals surface area (Å²) >= 11 is 1.30. The minimum atomic E-state index is -0.845. The second-order valence-corrected chi connectivity index (χ2v) is 8.96. The molecular formula is C25H31N3O4S. The van der Waals surface area contributed by atoms with E-state index < -0.39 is 6.04 Å². The van der Waals surface area contributed by atoms with Crippen LogP contribution in [0.15, 0.2) is 54.4 Å². The Morgan fingerprint density at radius 3 is 2.52 bits per heavy atom. The summed E-state index contributed by atoms with van der Waals surface area (Å²) in [6.45, 7) is 3.72. The van der Waals surface area contributed by atoms with Crippen molar-refractivity contribution in [2.75, 3.05) is 20.2 Å². The summed E-state index contributed by atoms with van der Waals surface area (Å²) in [6, 6.07) is 9.85. The van der Waals surface area contributed by atoms with E-state index in [-0.39, 0.29) is 36.9 Å². The van der Waals surface area contributed by atoms with Crippen LogP contribution in [0, 0.1) is 0 Å². The first-order valence-electron chi connectivity index (χ1n) is 11.2. The number of hydrogen-bond acceptors (Lipinski definition) is 5. The minimum Gasteiger partial charge on any atom is -0.497 e. The van der Waals surface area contributed by atoms with Gasteiger partial charge in [-0.15, -0.1) is 17.9 Å². The van der Waals surface area contributed by atoms with Crippen LogP contribution in [0.2, 0.25) is 0 Å². The highest BCUT2D eigenvalue weighted by atomic mass is 32.1. The van der Waals surface area contributed by atoms with Crippen LogP contribution in [0.5, 0.6) is 5.75 Å². The first kappa shape index (κ1) is 24.5. The summed E-state index contributed by atoms with van der Waals surface area (Å²) in [6.07, 6.45) is 6.81. The first-order chi connectivity index (χ1) is 16.0. The van der Waals surface area contributed by atoms with E-state index in [9.17, 15) is 14.4 Å². The lowest BCUT2D eigenvalue weighted by Gasteiger charge is -2.33. The van der Waals surface area contributed by atoms with Crippen LogP contribution in [-0.4, -0.2) is 48.9 Å². The van der Waals surface area contributed by atoms with Crippen LogP contribution < -0.4 is 15.4 Å². The Hall–Kier alpha value is -3.13. The molecule has 0 saturated heterocycles. The van der Waals surface area contributed by atoms with Gasteiger partial charge in [0.2, 0.25) is 11.8 Å². The van der Waals surface area contributed by atoms with Crippen molar-refractivity contribution < 1.29 is 19.1 Å². The Morgan fingerprint density at radius 2 is 1.91 bits per heavy atom. The predicted octanol–water partition coefficient (Wildman–Crippen LogP) is 3.69. The number of methoxy groups -OCH3 is 1. The Kier molecular flexibility index (Phi) is 9.06. The molecule has 8 heteroatoms. The molecule has 1 aromatic carbocycles. The molecule has 176 valence electrons. The molecule has 1 aromatic heterocycles. The summed E-state index contributed by atoms with van der Waals surface area (Å²) < 4.78 is 5.24. The molecule has 33 heavy (non-hydrogen) atoms. The quantitative estimate of drug-likeness (QED) is 0.520. The molecule has 0 unspecified atom stereocenters. The number of rotatable bonds is 10. The maximum absolute atomic E-state index is 13.5. The number of ether oxygens (including phenoxy) is 1. The van der Waals surface area contributed by atoms with Crippen LogP contribution in [0.3, 0.4) is 0 Å². The number of carbonyl (C=O) groups excluding carboxylic acids is 3. The van der Waals surface area contributed by atoms with E-state index in [0.717, 1.165) is 25.7 Å². The topological polar surface area (TPSA) is 87.7 Å². The Morgan fingerprint density at radius 1 is 1.18 bits per heavy atom. The molecule has 1 atom stereocenters. The van der Waals surface area contributed by atoms with Crippen molar-refractivity contribution in [3.05, 3.63) is 64.9 Å². The number of hydrogen-bond donors (Lipinski definition) is 2. The summed E-state index contributed by atoms with van der Waals surface area (Å²) in [5, 5.41) is 7.61. The summed E-state index contributed by atoms with van der Waals surface area (Å²) in [7, 11) is 1.58. The lowest BCUT2D eigenvalue weighted by molar-refractivity contribution is -0.139. The van der Waals surface area contributed by atoms with Crippen LogP contribution >= 0.6 is 11.3 Å². The third-order valence-electron chi connectivity index (χ3n) is 5.73. The molecule has 1 aliphatic rings. The number of nitrogens with zero attached hydrogens (tertiary/aromatic N) is 1. The molecule has 0 radical (unpaired) electrons. The van der Waals surface area contributed by atoms with Gasteiger partial charge in [-0.25, -0.2) is 0 Å². The monoisotopic (exact) mass is 469 g/mol.